The third-order valence-corrected chi connectivity index (χ3v) is 4.56. The Morgan fingerprint density at radius 3 is 2.05 bits per heavy atom. The van der Waals surface area contributed by atoms with Crippen LogP contribution in [0.15, 0.2) is 54.6 Å². The van der Waals surface area contributed by atoms with Gasteiger partial charge in [0.25, 0.3) is 0 Å². The lowest BCUT2D eigenvalue weighted by Crippen LogP contribution is -2.14. The largest absolute Gasteiger partial charge is 0.0622 e. The molecule has 0 saturated heterocycles. The quantitative estimate of drug-likeness (QED) is 0.646. The van der Waals surface area contributed by atoms with Crippen molar-refractivity contribution in [1.29, 1.82) is 0 Å². The smallest absolute Gasteiger partial charge is 0.0136 e. The van der Waals surface area contributed by atoms with Crippen LogP contribution in [0, 0.1) is 5.92 Å². The second-order valence-corrected chi connectivity index (χ2v) is 5.86. The molecule has 0 spiro atoms. The Hall–Kier alpha value is -1.56. The SMILES string of the molecule is C[C@H]1CCCC[C@@H]1c1ccc(-c2ccccc2)cc1. The van der Waals surface area contributed by atoms with Crippen molar-refractivity contribution in [1.82, 2.24) is 0 Å². The summed E-state index contributed by atoms with van der Waals surface area (Å²) < 4.78 is 0. The summed E-state index contributed by atoms with van der Waals surface area (Å²) in [6.07, 6.45) is 5.58. The summed E-state index contributed by atoms with van der Waals surface area (Å²) in [4.78, 5) is 0. The zero-order valence-electron chi connectivity index (χ0n) is 11.7. The van der Waals surface area contributed by atoms with Gasteiger partial charge in [0.15, 0.2) is 0 Å². The Morgan fingerprint density at radius 2 is 1.37 bits per heavy atom. The summed E-state index contributed by atoms with van der Waals surface area (Å²) in [6.45, 7) is 2.41. The van der Waals surface area contributed by atoms with Crippen molar-refractivity contribution in [2.45, 2.75) is 38.5 Å². The molecule has 2 atom stereocenters. The summed E-state index contributed by atoms with van der Waals surface area (Å²) in [5, 5.41) is 0. The molecule has 98 valence electrons. The second kappa shape index (κ2) is 5.61. The van der Waals surface area contributed by atoms with Crippen LogP contribution in [0.4, 0.5) is 0 Å². The van der Waals surface area contributed by atoms with Crippen LogP contribution in [0.25, 0.3) is 11.1 Å². The predicted octanol–water partition coefficient (Wildman–Crippen LogP) is 5.65. The number of hydrogen-bond acceptors (Lipinski definition) is 0. The first-order valence-corrected chi connectivity index (χ1v) is 7.50. The van der Waals surface area contributed by atoms with Gasteiger partial charge in [-0.25, -0.2) is 0 Å². The zero-order chi connectivity index (χ0) is 13.1. The summed E-state index contributed by atoms with van der Waals surface area (Å²) in [5.74, 6) is 1.62. The van der Waals surface area contributed by atoms with E-state index >= 15 is 0 Å². The third kappa shape index (κ3) is 2.73. The van der Waals surface area contributed by atoms with Crippen molar-refractivity contribution in [2.75, 3.05) is 0 Å². The van der Waals surface area contributed by atoms with Gasteiger partial charge in [0.1, 0.15) is 0 Å². The van der Waals surface area contributed by atoms with E-state index in [9.17, 15) is 0 Å². The molecule has 1 aliphatic rings. The Labute approximate surface area is 116 Å². The van der Waals surface area contributed by atoms with Crippen LogP contribution in [0.2, 0.25) is 0 Å². The molecule has 0 heterocycles. The van der Waals surface area contributed by atoms with Crippen LogP contribution in [-0.4, -0.2) is 0 Å². The average Bonchev–Trinajstić information content (AvgIpc) is 2.49. The van der Waals surface area contributed by atoms with E-state index in [0.717, 1.165) is 11.8 Å². The number of hydrogen-bond donors (Lipinski definition) is 0. The van der Waals surface area contributed by atoms with E-state index in [4.69, 9.17) is 0 Å². The molecule has 1 aliphatic carbocycles. The first-order valence-electron chi connectivity index (χ1n) is 7.50. The van der Waals surface area contributed by atoms with Gasteiger partial charge in [0.05, 0.1) is 0 Å². The van der Waals surface area contributed by atoms with Crippen molar-refractivity contribution >= 4 is 0 Å². The Bertz CT molecular complexity index is 509. The van der Waals surface area contributed by atoms with E-state index in [1.54, 1.807) is 0 Å². The minimum absolute atomic E-state index is 0.776. The van der Waals surface area contributed by atoms with Crippen molar-refractivity contribution in [3.05, 3.63) is 60.2 Å². The molecule has 3 rings (SSSR count). The Balaban J connectivity index is 1.83. The van der Waals surface area contributed by atoms with E-state index < -0.39 is 0 Å². The molecule has 0 heteroatoms. The predicted molar refractivity (Wildman–Crippen MR) is 82.3 cm³/mol. The highest BCUT2D eigenvalue weighted by molar-refractivity contribution is 5.63. The molecule has 2 aromatic rings. The molecule has 0 N–H and O–H groups in total. The van der Waals surface area contributed by atoms with E-state index in [1.165, 1.54) is 42.4 Å². The lowest BCUT2D eigenvalue weighted by atomic mass is 9.76. The van der Waals surface area contributed by atoms with Crippen LogP contribution in [0.5, 0.6) is 0 Å². The average molecular weight is 250 g/mol. The standard InChI is InChI=1S/C19H22/c1-15-7-5-6-10-19(15)18-13-11-17(12-14-18)16-8-3-2-4-9-16/h2-4,8-9,11-15,19H,5-7,10H2,1H3/t15-,19-/m0/s1. The minimum Gasteiger partial charge on any atom is -0.0622 e. The summed E-state index contributed by atoms with van der Waals surface area (Å²) in [5.41, 5.74) is 4.17. The van der Waals surface area contributed by atoms with E-state index in [1.807, 2.05) is 0 Å². The molecule has 0 aliphatic heterocycles. The topological polar surface area (TPSA) is 0 Å². The fourth-order valence-corrected chi connectivity index (χ4v) is 3.36. The minimum atomic E-state index is 0.776. The maximum Gasteiger partial charge on any atom is -0.0136 e. The highest BCUT2D eigenvalue weighted by Gasteiger charge is 2.22. The molecule has 0 aromatic heterocycles. The van der Waals surface area contributed by atoms with Gasteiger partial charge in [-0.2, -0.15) is 0 Å². The van der Waals surface area contributed by atoms with Gasteiger partial charge >= 0.3 is 0 Å². The lowest BCUT2D eigenvalue weighted by molar-refractivity contribution is 0.330. The van der Waals surface area contributed by atoms with Gasteiger partial charge in [0, 0.05) is 0 Å². The molecule has 0 nitrogen and oxygen atoms in total. The van der Waals surface area contributed by atoms with E-state index in [-0.39, 0.29) is 0 Å². The van der Waals surface area contributed by atoms with Crippen LogP contribution in [0.1, 0.15) is 44.1 Å². The van der Waals surface area contributed by atoms with Gasteiger partial charge in [-0.3, -0.25) is 0 Å². The fourth-order valence-electron chi connectivity index (χ4n) is 3.36. The van der Waals surface area contributed by atoms with Crippen molar-refractivity contribution in [3.8, 4) is 11.1 Å². The fraction of sp³-hybridized carbons (Fsp3) is 0.368. The number of benzene rings is 2. The zero-order valence-corrected chi connectivity index (χ0v) is 11.7. The summed E-state index contributed by atoms with van der Waals surface area (Å²) >= 11 is 0. The molecule has 0 radical (unpaired) electrons. The van der Waals surface area contributed by atoms with E-state index in [2.05, 4.69) is 61.5 Å². The second-order valence-electron chi connectivity index (χ2n) is 5.86. The van der Waals surface area contributed by atoms with Crippen LogP contribution < -0.4 is 0 Å². The van der Waals surface area contributed by atoms with Crippen LogP contribution in [0.3, 0.4) is 0 Å². The monoisotopic (exact) mass is 250 g/mol. The summed E-state index contributed by atoms with van der Waals surface area (Å²) in [7, 11) is 0. The maximum atomic E-state index is 2.41. The Kier molecular flexibility index (Phi) is 3.68. The molecule has 0 bridgehead atoms. The summed E-state index contributed by atoms with van der Waals surface area (Å²) in [6, 6.07) is 19.9. The molecule has 0 unspecified atom stereocenters. The Morgan fingerprint density at radius 1 is 0.737 bits per heavy atom. The molecule has 1 saturated carbocycles. The van der Waals surface area contributed by atoms with Gasteiger partial charge in [-0.1, -0.05) is 80.8 Å². The van der Waals surface area contributed by atoms with E-state index in [0.29, 0.717) is 0 Å². The van der Waals surface area contributed by atoms with Crippen LogP contribution >= 0.6 is 0 Å². The lowest BCUT2D eigenvalue weighted by Gasteiger charge is -2.29. The van der Waals surface area contributed by atoms with Gasteiger partial charge in [-0.15, -0.1) is 0 Å². The normalized spacial score (nSPS) is 23.2. The first kappa shape index (κ1) is 12.5. The first-order chi connectivity index (χ1) is 9.34. The number of rotatable bonds is 2. The van der Waals surface area contributed by atoms with Crippen molar-refractivity contribution in [3.63, 3.8) is 0 Å². The maximum absolute atomic E-state index is 2.41. The molecule has 1 fully saturated rings. The molecular weight excluding hydrogens is 228 g/mol. The van der Waals surface area contributed by atoms with Gasteiger partial charge < -0.3 is 0 Å². The molecule has 2 aromatic carbocycles. The molecule has 0 amide bonds. The molecular formula is C19H22. The highest BCUT2D eigenvalue weighted by Crippen LogP contribution is 2.37. The third-order valence-electron chi connectivity index (χ3n) is 4.56. The van der Waals surface area contributed by atoms with Crippen molar-refractivity contribution < 1.29 is 0 Å². The van der Waals surface area contributed by atoms with Gasteiger partial charge in [0.2, 0.25) is 0 Å². The highest BCUT2D eigenvalue weighted by atomic mass is 14.3. The van der Waals surface area contributed by atoms with Crippen LogP contribution in [-0.2, 0) is 0 Å². The molecule has 19 heavy (non-hydrogen) atoms. The van der Waals surface area contributed by atoms with Crippen molar-refractivity contribution in [2.24, 2.45) is 5.92 Å². The van der Waals surface area contributed by atoms with Gasteiger partial charge in [-0.05, 0) is 34.9 Å².